The van der Waals surface area contributed by atoms with E-state index < -0.39 is 5.38 Å². The van der Waals surface area contributed by atoms with E-state index in [0.29, 0.717) is 11.8 Å². The predicted octanol–water partition coefficient (Wildman–Crippen LogP) is 4.50. The first kappa shape index (κ1) is 15.0. The maximum absolute atomic E-state index is 11.8. The monoisotopic (exact) mass is 267 g/mol. The van der Waals surface area contributed by atoms with Crippen LogP contribution < -0.4 is 5.32 Å². The Morgan fingerprint density at radius 3 is 1.83 bits per heavy atom. The van der Waals surface area contributed by atoms with Crippen molar-refractivity contribution in [3.05, 3.63) is 29.3 Å². The second-order valence-corrected chi connectivity index (χ2v) is 5.88. The Hall–Kier alpha value is -1.02. The Labute approximate surface area is 115 Å². The summed E-state index contributed by atoms with van der Waals surface area (Å²) in [5, 5.41) is 2.45. The van der Waals surface area contributed by atoms with Crippen molar-refractivity contribution in [1.82, 2.24) is 0 Å². The van der Waals surface area contributed by atoms with Crippen LogP contribution in [0, 0.1) is 0 Å². The fourth-order valence-electron chi connectivity index (χ4n) is 1.92. The molecular formula is C15H22ClNO. The summed E-state index contributed by atoms with van der Waals surface area (Å²) in [7, 11) is 0. The molecule has 1 rings (SSSR count). The molecule has 0 heterocycles. The number of benzene rings is 1. The first-order valence-electron chi connectivity index (χ1n) is 6.42. The van der Waals surface area contributed by atoms with Gasteiger partial charge in [0.1, 0.15) is 5.38 Å². The van der Waals surface area contributed by atoms with Gasteiger partial charge in [0.05, 0.1) is 0 Å². The normalized spacial score (nSPS) is 12.9. The summed E-state index contributed by atoms with van der Waals surface area (Å²) in [5.41, 5.74) is 3.25. The van der Waals surface area contributed by atoms with E-state index in [9.17, 15) is 4.79 Å². The number of hydrogen-bond donors (Lipinski definition) is 1. The van der Waals surface area contributed by atoms with E-state index >= 15 is 0 Å². The lowest BCUT2D eigenvalue weighted by Gasteiger charge is -2.20. The maximum atomic E-state index is 11.8. The Kier molecular flexibility index (Phi) is 5.21. The van der Waals surface area contributed by atoms with E-state index in [1.165, 1.54) is 0 Å². The van der Waals surface area contributed by atoms with Gasteiger partial charge in [0, 0.05) is 5.69 Å². The molecule has 1 N–H and O–H groups in total. The zero-order chi connectivity index (χ0) is 13.9. The van der Waals surface area contributed by atoms with E-state index in [2.05, 4.69) is 45.1 Å². The molecule has 0 bridgehead atoms. The quantitative estimate of drug-likeness (QED) is 0.800. The summed E-state index contributed by atoms with van der Waals surface area (Å²) in [4.78, 5) is 11.8. The van der Waals surface area contributed by atoms with Gasteiger partial charge < -0.3 is 5.32 Å². The van der Waals surface area contributed by atoms with Gasteiger partial charge in [0.25, 0.3) is 0 Å². The van der Waals surface area contributed by atoms with Crippen LogP contribution >= 0.6 is 11.6 Å². The minimum atomic E-state index is -0.523. The molecule has 3 heteroatoms. The lowest BCUT2D eigenvalue weighted by Crippen LogP contribution is -2.22. The summed E-state index contributed by atoms with van der Waals surface area (Å²) < 4.78 is 0. The second kappa shape index (κ2) is 6.24. The van der Waals surface area contributed by atoms with Crippen molar-refractivity contribution in [2.75, 3.05) is 5.32 Å². The highest BCUT2D eigenvalue weighted by Crippen LogP contribution is 2.32. The summed E-state index contributed by atoms with van der Waals surface area (Å²) in [6, 6.07) is 6.17. The van der Waals surface area contributed by atoms with E-state index in [0.717, 1.165) is 16.8 Å². The SMILES string of the molecule is CC(C)c1cccc(C(C)C)c1NC(=O)[C@H](C)Cl. The maximum Gasteiger partial charge on any atom is 0.242 e. The van der Waals surface area contributed by atoms with Gasteiger partial charge in [0.2, 0.25) is 5.91 Å². The van der Waals surface area contributed by atoms with Crippen molar-refractivity contribution in [3.63, 3.8) is 0 Å². The number of nitrogens with one attached hydrogen (secondary N) is 1. The van der Waals surface area contributed by atoms with Gasteiger partial charge in [-0.15, -0.1) is 11.6 Å². The molecule has 0 unspecified atom stereocenters. The summed E-state index contributed by atoms with van der Waals surface area (Å²) >= 11 is 5.83. The van der Waals surface area contributed by atoms with Gasteiger partial charge in [-0.25, -0.2) is 0 Å². The predicted molar refractivity (Wildman–Crippen MR) is 78.6 cm³/mol. The molecule has 2 nitrogen and oxygen atoms in total. The van der Waals surface area contributed by atoms with Crippen LogP contribution in [0.15, 0.2) is 18.2 Å². The molecule has 0 saturated heterocycles. The van der Waals surface area contributed by atoms with E-state index in [4.69, 9.17) is 11.6 Å². The lowest BCUT2D eigenvalue weighted by molar-refractivity contribution is -0.115. The van der Waals surface area contributed by atoms with Gasteiger partial charge in [-0.2, -0.15) is 0 Å². The van der Waals surface area contributed by atoms with Crippen LogP contribution in [0.3, 0.4) is 0 Å². The third-order valence-corrected chi connectivity index (χ3v) is 3.18. The number of amides is 1. The highest BCUT2D eigenvalue weighted by atomic mass is 35.5. The number of rotatable bonds is 4. The van der Waals surface area contributed by atoms with Gasteiger partial charge in [-0.1, -0.05) is 45.9 Å². The summed E-state index contributed by atoms with van der Waals surface area (Å²) in [6.45, 7) is 10.2. The minimum absolute atomic E-state index is 0.147. The fourth-order valence-corrected chi connectivity index (χ4v) is 1.97. The molecule has 1 atom stereocenters. The van der Waals surface area contributed by atoms with Crippen LogP contribution in [0.1, 0.15) is 57.6 Å². The van der Waals surface area contributed by atoms with Crippen molar-refractivity contribution in [2.45, 2.75) is 51.8 Å². The van der Waals surface area contributed by atoms with E-state index in [1.807, 2.05) is 6.07 Å². The van der Waals surface area contributed by atoms with Crippen LogP contribution in [-0.2, 0) is 4.79 Å². The number of halogens is 1. The van der Waals surface area contributed by atoms with Crippen LogP contribution in [0.25, 0.3) is 0 Å². The topological polar surface area (TPSA) is 29.1 Å². The van der Waals surface area contributed by atoms with Crippen LogP contribution in [-0.4, -0.2) is 11.3 Å². The Morgan fingerprint density at radius 1 is 1.06 bits per heavy atom. The van der Waals surface area contributed by atoms with E-state index in [-0.39, 0.29) is 5.91 Å². The zero-order valence-electron chi connectivity index (χ0n) is 11.8. The first-order chi connectivity index (χ1) is 8.34. The van der Waals surface area contributed by atoms with Crippen LogP contribution in [0.5, 0.6) is 0 Å². The van der Waals surface area contributed by atoms with Gasteiger partial charge in [-0.05, 0) is 29.9 Å². The largest absolute Gasteiger partial charge is 0.324 e. The molecule has 0 aliphatic rings. The molecule has 0 spiro atoms. The minimum Gasteiger partial charge on any atom is -0.324 e. The molecule has 0 saturated carbocycles. The van der Waals surface area contributed by atoms with Crippen molar-refractivity contribution in [3.8, 4) is 0 Å². The van der Waals surface area contributed by atoms with Crippen molar-refractivity contribution >= 4 is 23.2 Å². The molecule has 18 heavy (non-hydrogen) atoms. The van der Waals surface area contributed by atoms with Gasteiger partial charge in [-0.3, -0.25) is 4.79 Å². The number of carbonyl (C=O) groups excluding carboxylic acids is 1. The molecule has 0 aromatic heterocycles. The van der Waals surface area contributed by atoms with Gasteiger partial charge in [0.15, 0.2) is 0 Å². The molecule has 1 aromatic rings. The van der Waals surface area contributed by atoms with Gasteiger partial charge >= 0.3 is 0 Å². The number of para-hydroxylation sites is 1. The Morgan fingerprint density at radius 2 is 1.50 bits per heavy atom. The number of alkyl halides is 1. The Balaban J connectivity index is 3.23. The molecule has 0 aliphatic heterocycles. The van der Waals surface area contributed by atoms with Crippen LogP contribution in [0.2, 0.25) is 0 Å². The molecule has 0 aliphatic carbocycles. The highest BCUT2D eigenvalue weighted by Gasteiger charge is 2.17. The molecule has 1 aromatic carbocycles. The number of anilines is 1. The molecule has 1 amide bonds. The smallest absolute Gasteiger partial charge is 0.242 e. The summed E-state index contributed by atoms with van der Waals surface area (Å²) in [6.07, 6.45) is 0. The number of hydrogen-bond acceptors (Lipinski definition) is 1. The van der Waals surface area contributed by atoms with Crippen molar-refractivity contribution in [2.24, 2.45) is 0 Å². The first-order valence-corrected chi connectivity index (χ1v) is 6.86. The average molecular weight is 268 g/mol. The molecule has 100 valence electrons. The highest BCUT2D eigenvalue weighted by molar-refractivity contribution is 6.32. The fraction of sp³-hybridized carbons (Fsp3) is 0.533. The Bertz CT molecular complexity index is 398. The van der Waals surface area contributed by atoms with Crippen LogP contribution in [0.4, 0.5) is 5.69 Å². The number of carbonyl (C=O) groups is 1. The van der Waals surface area contributed by atoms with Crippen molar-refractivity contribution in [1.29, 1.82) is 0 Å². The third kappa shape index (κ3) is 3.49. The standard InChI is InChI=1S/C15H22ClNO/c1-9(2)12-7-6-8-13(10(3)4)14(12)17-15(18)11(5)16/h6-11H,1-5H3,(H,17,18)/t11-/m0/s1. The molecular weight excluding hydrogens is 246 g/mol. The molecule has 0 fully saturated rings. The van der Waals surface area contributed by atoms with Crippen molar-refractivity contribution < 1.29 is 4.79 Å². The van der Waals surface area contributed by atoms with E-state index in [1.54, 1.807) is 6.92 Å². The zero-order valence-corrected chi connectivity index (χ0v) is 12.5. The average Bonchev–Trinajstić information content (AvgIpc) is 2.28. The summed E-state index contributed by atoms with van der Waals surface area (Å²) in [5.74, 6) is 0.584. The molecule has 0 radical (unpaired) electrons. The second-order valence-electron chi connectivity index (χ2n) is 5.23. The third-order valence-electron chi connectivity index (χ3n) is 2.98. The lowest BCUT2D eigenvalue weighted by atomic mass is 9.92.